The largest absolute Gasteiger partial charge is 0.348 e. The molecule has 2 amide bonds. The monoisotopic (exact) mass is 422 g/mol. The molecule has 0 saturated carbocycles. The number of piperidine rings is 1. The summed E-state index contributed by atoms with van der Waals surface area (Å²) in [5.74, 6) is -0.0898. The van der Waals surface area contributed by atoms with Gasteiger partial charge in [0.25, 0.3) is 5.91 Å². The number of likely N-dealkylation sites (tertiary alicyclic amines) is 1. The molecule has 0 aliphatic carbocycles. The molecule has 1 aromatic carbocycles. The highest BCUT2D eigenvalue weighted by Crippen LogP contribution is 2.25. The third kappa shape index (κ3) is 4.46. The van der Waals surface area contributed by atoms with Crippen molar-refractivity contribution < 1.29 is 9.59 Å². The number of carbonyl (C=O) groups excluding carboxylic acids is 2. The Kier molecular flexibility index (Phi) is 6.28. The van der Waals surface area contributed by atoms with Crippen LogP contribution in [0.4, 0.5) is 0 Å². The van der Waals surface area contributed by atoms with Crippen LogP contribution in [0, 0.1) is 0 Å². The highest BCUT2D eigenvalue weighted by Gasteiger charge is 2.29. The molecule has 7 heteroatoms. The maximum absolute atomic E-state index is 13.0. The van der Waals surface area contributed by atoms with Gasteiger partial charge in [-0.1, -0.05) is 43.3 Å². The van der Waals surface area contributed by atoms with Gasteiger partial charge in [-0.15, -0.1) is 11.3 Å². The molecule has 1 saturated heterocycles. The topological polar surface area (TPSA) is 78.1 Å². The number of H-pyrrole nitrogens is 1. The first-order chi connectivity index (χ1) is 14.7. The fourth-order valence-electron chi connectivity index (χ4n) is 3.96. The van der Waals surface area contributed by atoms with E-state index in [-0.39, 0.29) is 23.8 Å². The number of rotatable bonds is 6. The molecule has 2 aromatic heterocycles. The number of thiophene rings is 1. The van der Waals surface area contributed by atoms with Crippen molar-refractivity contribution in [2.75, 3.05) is 13.1 Å². The van der Waals surface area contributed by atoms with E-state index >= 15 is 0 Å². The average Bonchev–Trinajstić information content (AvgIpc) is 3.47. The van der Waals surface area contributed by atoms with Gasteiger partial charge < -0.3 is 10.2 Å². The van der Waals surface area contributed by atoms with Crippen LogP contribution in [0.1, 0.15) is 48.2 Å². The number of aromatic amines is 1. The van der Waals surface area contributed by atoms with Crippen LogP contribution in [-0.2, 0) is 4.79 Å². The maximum Gasteiger partial charge on any atom is 0.272 e. The average molecular weight is 423 g/mol. The highest BCUT2D eigenvalue weighted by molar-refractivity contribution is 7.13. The van der Waals surface area contributed by atoms with Crippen LogP contribution in [0.2, 0.25) is 0 Å². The van der Waals surface area contributed by atoms with Crippen molar-refractivity contribution >= 4 is 23.2 Å². The number of hydrogen-bond donors (Lipinski definition) is 2. The van der Waals surface area contributed by atoms with Crippen LogP contribution in [0.25, 0.3) is 10.6 Å². The van der Waals surface area contributed by atoms with Gasteiger partial charge in [-0.05, 0) is 42.3 Å². The second-order valence-corrected chi connectivity index (χ2v) is 8.54. The molecule has 0 radical (unpaired) electrons. The molecular weight excluding hydrogens is 396 g/mol. The smallest absolute Gasteiger partial charge is 0.272 e. The van der Waals surface area contributed by atoms with Gasteiger partial charge in [0.15, 0.2) is 5.69 Å². The summed E-state index contributed by atoms with van der Waals surface area (Å²) in [5, 5.41) is 12.1. The Labute approximate surface area is 180 Å². The Bertz CT molecular complexity index is 976. The second kappa shape index (κ2) is 9.26. The van der Waals surface area contributed by atoms with Crippen LogP contribution in [0.15, 0.2) is 53.9 Å². The molecule has 1 fully saturated rings. The first-order valence-electron chi connectivity index (χ1n) is 10.4. The summed E-state index contributed by atoms with van der Waals surface area (Å²) in [5.41, 5.74) is 2.31. The molecule has 2 N–H and O–H groups in total. The summed E-state index contributed by atoms with van der Waals surface area (Å²) in [4.78, 5) is 28.6. The number of aromatic nitrogens is 2. The van der Waals surface area contributed by atoms with Crippen molar-refractivity contribution in [2.45, 2.75) is 38.1 Å². The van der Waals surface area contributed by atoms with E-state index < -0.39 is 0 Å². The summed E-state index contributed by atoms with van der Waals surface area (Å²) in [6.07, 6.45) is 2.29. The van der Waals surface area contributed by atoms with E-state index in [2.05, 4.69) is 22.4 Å². The third-order valence-corrected chi connectivity index (χ3v) is 6.55. The van der Waals surface area contributed by atoms with Crippen LogP contribution in [-0.4, -0.2) is 46.0 Å². The van der Waals surface area contributed by atoms with Gasteiger partial charge in [0.2, 0.25) is 5.91 Å². The minimum atomic E-state index is -0.172. The highest BCUT2D eigenvalue weighted by atomic mass is 32.1. The van der Waals surface area contributed by atoms with Crippen LogP contribution in [0.3, 0.4) is 0 Å². The van der Waals surface area contributed by atoms with Crippen molar-refractivity contribution in [2.24, 2.45) is 0 Å². The lowest BCUT2D eigenvalue weighted by atomic mass is 9.93. The van der Waals surface area contributed by atoms with Crippen LogP contribution < -0.4 is 5.32 Å². The second-order valence-electron chi connectivity index (χ2n) is 7.59. The maximum atomic E-state index is 13.0. The van der Waals surface area contributed by atoms with E-state index in [1.807, 2.05) is 52.7 Å². The first kappa shape index (κ1) is 20.3. The van der Waals surface area contributed by atoms with Gasteiger partial charge in [-0.3, -0.25) is 14.7 Å². The summed E-state index contributed by atoms with van der Waals surface area (Å²) in [6.45, 7) is 3.37. The zero-order valence-corrected chi connectivity index (χ0v) is 17.8. The molecule has 3 aromatic rings. The number of hydrogen-bond acceptors (Lipinski definition) is 4. The van der Waals surface area contributed by atoms with Gasteiger partial charge in [-0.25, -0.2) is 0 Å². The van der Waals surface area contributed by atoms with Crippen molar-refractivity contribution in [1.29, 1.82) is 0 Å². The number of amides is 2. The van der Waals surface area contributed by atoms with Crippen molar-refractivity contribution in [3.05, 3.63) is 65.2 Å². The van der Waals surface area contributed by atoms with Crippen LogP contribution in [0.5, 0.6) is 0 Å². The summed E-state index contributed by atoms with van der Waals surface area (Å²) < 4.78 is 0. The summed E-state index contributed by atoms with van der Waals surface area (Å²) in [6, 6.07) is 15.8. The Hall–Kier alpha value is -2.93. The predicted octanol–water partition coefficient (Wildman–Crippen LogP) is 4.05. The molecular formula is C23H26N4O2S. The fraction of sp³-hybridized carbons (Fsp3) is 0.348. The van der Waals surface area contributed by atoms with Crippen molar-refractivity contribution in [3.8, 4) is 10.6 Å². The lowest BCUT2D eigenvalue weighted by molar-refractivity contribution is -0.134. The molecule has 6 nitrogen and oxygen atoms in total. The van der Waals surface area contributed by atoms with E-state index in [9.17, 15) is 9.59 Å². The molecule has 3 heterocycles. The number of benzene rings is 1. The lowest BCUT2D eigenvalue weighted by Crippen LogP contribution is -2.47. The SMILES string of the molecule is CCC(C(=O)N1CCC(NC(=O)c2cc(-c3cccs3)[nH]n2)CC1)c1ccccc1. The molecule has 30 heavy (non-hydrogen) atoms. The van der Waals surface area contributed by atoms with Gasteiger partial charge >= 0.3 is 0 Å². The standard InChI is InChI=1S/C23H26N4O2S/c1-2-18(16-7-4-3-5-8-16)23(29)27-12-10-17(11-13-27)24-22(28)20-15-19(25-26-20)21-9-6-14-30-21/h3-9,14-15,17-18H,2,10-13H2,1H3,(H,24,28)(H,25,26). The van der Waals surface area contributed by atoms with E-state index in [0.717, 1.165) is 35.4 Å². The zero-order chi connectivity index (χ0) is 20.9. The Balaban J connectivity index is 1.31. The first-order valence-corrected chi connectivity index (χ1v) is 11.3. The van der Waals surface area contributed by atoms with Gasteiger partial charge in [0.05, 0.1) is 16.5 Å². The predicted molar refractivity (Wildman–Crippen MR) is 118 cm³/mol. The van der Waals surface area contributed by atoms with E-state index in [1.165, 1.54) is 0 Å². The van der Waals surface area contributed by atoms with Gasteiger partial charge in [0, 0.05) is 19.1 Å². The quantitative estimate of drug-likeness (QED) is 0.629. The van der Waals surface area contributed by atoms with Crippen LogP contribution >= 0.6 is 11.3 Å². The van der Waals surface area contributed by atoms with E-state index in [0.29, 0.717) is 18.8 Å². The summed E-state index contributed by atoms with van der Waals surface area (Å²) in [7, 11) is 0. The third-order valence-electron chi connectivity index (χ3n) is 5.65. The van der Waals surface area contributed by atoms with E-state index in [1.54, 1.807) is 17.4 Å². The molecule has 0 spiro atoms. The van der Waals surface area contributed by atoms with Crippen molar-refractivity contribution in [3.63, 3.8) is 0 Å². The molecule has 1 atom stereocenters. The minimum Gasteiger partial charge on any atom is -0.348 e. The minimum absolute atomic E-state index is 0.0558. The zero-order valence-electron chi connectivity index (χ0n) is 17.0. The van der Waals surface area contributed by atoms with Gasteiger partial charge in [0.1, 0.15) is 0 Å². The molecule has 1 aliphatic heterocycles. The molecule has 156 valence electrons. The Morgan fingerprint density at radius 3 is 2.63 bits per heavy atom. The van der Waals surface area contributed by atoms with Crippen molar-refractivity contribution in [1.82, 2.24) is 20.4 Å². The summed E-state index contributed by atoms with van der Waals surface area (Å²) >= 11 is 1.60. The number of nitrogens with one attached hydrogen (secondary N) is 2. The number of carbonyl (C=O) groups is 2. The molecule has 4 rings (SSSR count). The lowest BCUT2D eigenvalue weighted by Gasteiger charge is -2.34. The number of nitrogens with zero attached hydrogens (tertiary/aromatic N) is 2. The fourth-order valence-corrected chi connectivity index (χ4v) is 4.65. The normalized spacial score (nSPS) is 15.7. The Morgan fingerprint density at radius 2 is 1.97 bits per heavy atom. The van der Waals surface area contributed by atoms with E-state index in [4.69, 9.17) is 0 Å². The Morgan fingerprint density at radius 1 is 1.20 bits per heavy atom. The molecule has 0 bridgehead atoms. The molecule has 1 aliphatic rings. The molecule has 1 unspecified atom stereocenters. The van der Waals surface area contributed by atoms with Gasteiger partial charge in [-0.2, -0.15) is 5.10 Å².